The molecule has 0 aliphatic rings. The largest absolute Gasteiger partial charge is 0.507 e. The van der Waals surface area contributed by atoms with Gasteiger partial charge < -0.3 is 15.2 Å². The summed E-state index contributed by atoms with van der Waals surface area (Å²) >= 11 is 5.03. The molecule has 0 aromatic heterocycles. The highest BCUT2D eigenvalue weighted by Crippen LogP contribution is 2.23. The standard InChI is InChI=1S/C15H14N4O4S/c1-23-11-6-7-14(20)10(8-11)9-16-18-15(24)17-12-4-2-3-5-13(12)19(21)22/h2-9,20H,1H3,(H2,17,18,24)/b16-9+. The molecule has 0 amide bonds. The minimum Gasteiger partial charge on any atom is -0.507 e. The van der Waals surface area contributed by atoms with Crippen molar-refractivity contribution in [3.63, 3.8) is 0 Å². The Morgan fingerprint density at radius 2 is 2.12 bits per heavy atom. The number of para-hydroxylation sites is 2. The van der Waals surface area contributed by atoms with Crippen LogP contribution in [0.1, 0.15) is 5.56 Å². The lowest BCUT2D eigenvalue weighted by atomic mass is 10.2. The molecule has 0 saturated carbocycles. The number of hydrazone groups is 1. The number of nitrogens with one attached hydrogen (secondary N) is 2. The van der Waals surface area contributed by atoms with Crippen molar-refractivity contribution in [1.82, 2.24) is 5.43 Å². The Morgan fingerprint density at radius 3 is 2.83 bits per heavy atom. The molecule has 0 aliphatic heterocycles. The number of benzene rings is 2. The van der Waals surface area contributed by atoms with Crippen LogP contribution >= 0.6 is 12.2 Å². The van der Waals surface area contributed by atoms with Gasteiger partial charge in [-0.1, -0.05) is 12.1 Å². The molecule has 9 heteroatoms. The zero-order valence-corrected chi connectivity index (χ0v) is 13.4. The number of hydrogen-bond acceptors (Lipinski definition) is 6. The molecule has 24 heavy (non-hydrogen) atoms. The molecule has 0 unspecified atom stereocenters. The van der Waals surface area contributed by atoms with Gasteiger partial charge in [0.1, 0.15) is 17.2 Å². The van der Waals surface area contributed by atoms with Crippen molar-refractivity contribution in [2.24, 2.45) is 5.10 Å². The fourth-order valence-corrected chi connectivity index (χ4v) is 1.97. The molecule has 0 spiro atoms. The SMILES string of the molecule is COc1ccc(O)c(/C=N/NC(=S)Nc2ccccc2[N+](=O)[O-])c1. The second-order valence-corrected chi connectivity index (χ2v) is 4.93. The summed E-state index contributed by atoms with van der Waals surface area (Å²) in [5.74, 6) is 0.591. The van der Waals surface area contributed by atoms with Crippen LogP contribution in [-0.4, -0.2) is 28.5 Å². The van der Waals surface area contributed by atoms with E-state index < -0.39 is 4.92 Å². The molecular formula is C15H14N4O4S. The van der Waals surface area contributed by atoms with Crippen molar-refractivity contribution in [1.29, 1.82) is 0 Å². The van der Waals surface area contributed by atoms with Gasteiger partial charge >= 0.3 is 0 Å². The lowest BCUT2D eigenvalue weighted by Gasteiger charge is -2.07. The van der Waals surface area contributed by atoms with E-state index in [1.807, 2.05) is 0 Å². The van der Waals surface area contributed by atoms with Crippen molar-refractivity contribution in [3.05, 3.63) is 58.1 Å². The predicted molar refractivity (Wildman–Crippen MR) is 94.7 cm³/mol. The third-order valence-electron chi connectivity index (χ3n) is 2.95. The summed E-state index contributed by atoms with van der Waals surface area (Å²) in [5, 5.41) is 27.3. The van der Waals surface area contributed by atoms with Gasteiger partial charge in [-0.15, -0.1) is 0 Å². The molecule has 2 aromatic rings. The third kappa shape index (κ3) is 4.40. The van der Waals surface area contributed by atoms with E-state index in [2.05, 4.69) is 15.8 Å². The van der Waals surface area contributed by atoms with Crippen molar-refractivity contribution in [2.75, 3.05) is 12.4 Å². The monoisotopic (exact) mass is 346 g/mol. The Kier molecular flexibility index (Phi) is 5.63. The summed E-state index contributed by atoms with van der Waals surface area (Å²) in [5.41, 5.74) is 3.10. The molecule has 0 bridgehead atoms. The summed E-state index contributed by atoms with van der Waals surface area (Å²) in [7, 11) is 1.51. The van der Waals surface area contributed by atoms with E-state index in [1.165, 1.54) is 31.5 Å². The van der Waals surface area contributed by atoms with Crippen LogP contribution in [0.25, 0.3) is 0 Å². The number of anilines is 1. The van der Waals surface area contributed by atoms with E-state index in [4.69, 9.17) is 17.0 Å². The van der Waals surface area contributed by atoms with Crippen LogP contribution in [0.4, 0.5) is 11.4 Å². The van der Waals surface area contributed by atoms with Crippen LogP contribution in [0, 0.1) is 10.1 Å². The molecule has 0 fully saturated rings. The predicted octanol–water partition coefficient (Wildman–Crippen LogP) is 2.63. The molecular weight excluding hydrogens is 332 g/mol. The van der Waals surface area contributed by atoms with Gasteiger partial charge in [0, 0.05) is 11.6 Å². The van der Waals surface area contributed by atoms with Crippen LogP contribution in [0.3, 0.4) is 0 Å². The van der Waals surface area contributed by atoms with Crippen molar-refractivity contribution >= 4 is 34.9 Å². The fraction of sp³-hybridized carbons (Fsp3) is 0.0667. The van der Waals surface area contributed by atoms with Crippen molar-refractivity contribution in [2.45, 2.75) is 0 Å². The second-order valence-electron chi connectivity index (χ2n) is 4.52. The maximum absolute atomic E-state index is 10.9. The highest BCUT2D eigenvalue weighted by Gasteiger charge is 2.12. The van der Waals surface area contributed by atoms with Gasteiger partial charge in [-0.05, 0) is 36.5 Å². The number of aromatic hydroxyl groups is 1. The summed E-state index contributed by atoms with van der Waals surface area (Å²) in [6, 6.07) is 10.8. The van der Waals surface area contributed by atoms with E-state index in [0.717, 1.165) is 0 Å². The smallest absolute Gasteiger partial charge is 0.292 e. The first-order valence-electron chi connectivity index (χ1n) is 6.71. The lowest BCUT2D eigenvalue weighted by Crippen LogP contribution is -2.24. The number of nitrogens with zero attached hydrogens (tertiary/aromatic N) is 2. The Morgan fingerprint density at radius 1 is 1.38 bits per heavy atom. The van der Waals surface area contributed by atoms with Gasteiger partial charge in [-0.3, -0.25) is 15.5 Å². The Hall–Kier alpha value is -3.20. The van der Waals surface area contributed by atoms with Gasteiger partial charge in [-0.25, -0.2) is 0 Å². The Labute approximate surface area is 142 Å². The number of nitro groups is 1. The maximum atomic E-state index is 10.9. The summed E-state index contributed by atoms with van der Waals surface area (Å²) in [6.07, 6.45) is 1.35. The van der Waals surface area contributed by atoms with Gasteiger partial charge in [0.2, 0.25) is 0 Å². The zero-order valence-electron chi connectivity index (χ0n) is 12.6. The average Bonchev–Trinajstić information content (AvgIpc) is 2.57. The first-order chi connectivity index (χ1) is 11.5. The number of hydrogen-bond donors (Lipinski definition) is 3. The number of ether oxygens (including phenoxy) is 1. The number of rotatable bonds is 5. The Bertz CT molecular complexity index is 795. The van der Waals surface area contributed by atoms with Crippen LogP contribution in [-0.2, 0) is 0 Å². The zero-order chi connectivity index (χ0) is 17.5. The molecule has 2 rings (SSSR count). The summed E-state index contributed by atoms with van der Waals surface area (Å²) in [4.78, 5) is 10.4. The van der Waals surface area contributed by atoms with E-state index in [0.29, 0.717) is 11.3 Å². The minimum atomic E-state index is -0.511. The van der Waals surface area contributed by atoms with Crippen LogP contribution in [0.2, 0.25) is 0 Å². The average molecular weight is 346 g/mol. The van der Waals surface area contributed by atoms with Gasteiger partial charge in [0.15, 0.2) is 5.11 Å². The number of thiocarbonyl (C=S) groups is 1. The van der Waals surface area contributed by atoms with Crippen LogP contribution in [0.15, 0.2) is 47.6 Å². The topological polar surface area (TPSA) is 109 Å². The van der Waals surface area contributed by atoms with E-state index in [-0.39, 0.29) is 22.2 Å². The number of phenols is 1. The molecule has 0 atom stereocenters. The fourth-order valence-electron chi connectivity index (χ4n) is 1.81. The Balaban J connectivity index is 2.03. The molecule has 124 valence electrons. The van der Waals surface area contributed by atoms with Crippen LogP contribution < -0.4 is 15.5 Å². The third-order valence-corrected chi connectivity index (χ3v) is 3.15. The highest BCUT2D eigenvalue weighted by atomic mass is 32.1. The summed E-state index contributed by atoms with van der Waals surface area (Å²) in [6.45, 7) is 0. The van der Waals surface area contributed by atoms with Crippen LogP contribution in [0.5, 0.6) is 11.5 Å². The van der Waals surface area contributed by atoms with E-state index >= 15 is 0 Å². The van der Waals surface area contributed by atoms with Gasteiger partial charge in [-0.2, -0.15) is 5.10 Å². The minimum absolute atomic E-state index is 0.0268. The van der Waals surface area contributed by atoms with Crippen molar-refractivity contribution < 1.29 is 14.8 Å². The molecule has 0 radical (unpaired) electrons. The first-order valence-corrected chi connectivity index (χ1v) is 7.12. The molecule has 2 aromatic carbocycles. The van der Waals surface area contributed by atoms with Gasteiger partial charge in [0.05, 0.1) is 18.2 Å². The molecule has 0 heterocycles. The second kappa shape index (κ2) is 7.88. The molecule has 3 N–H and O–H groups in total. The highest BCUT2D eigenvalue weighted by molar-refractivity contribution is 7.80. The van der Waals surface area contributed by atoms with Crippen molar-refractivity contribution in [3.8, 4) is 11.5 Å². The first kappa shape index (κ1) is 17.2. The van der Waals surface area contributed by atoms with Gasteiger partial charge in [0.25, 0.3) is 5.69 Å². The normalized spacial score (nSPS) is 10.4. The molecule has 8 nitrogen and oxygen atoms in total. The molecule has 0 aliphatic carbocycles. The number of methoxy groups -OCH3 is 1. The number of nitro benzene ring substituents is 1. The maximum Gasteiger partial charge on any atom is 0.292 e. The van der Waals surface area contributed by atoms with E-state index in [1.54, 1.807) is 24.3 Å². The lowest BCUT2D eigenvalue weighted by molar-refractivity contribution is -0.383. The quantitative estimate of drug-likeness (QED) is 0.330. The van der Waals surface area contributed by atoms with E-state index in [9.17, 15) is 15.2 Å². The number of phenolic OH excluding ortho intramolecular Hbond substituents is 1. The molecule has 0 saturated heterocycles. The summed E-state index contributed by atoms with van der Waals surface area (Å²) < 4.78 is 5.06.